The molecule has 0 aliphatic heterocycles. The molecule has 0 heterocycles. The van der Waals surface area contributed by atoms with Gasteiger partial charge < -0.3 is 0 Å². The molecule has 0 spiro atoms. The lowest BCUT2D eigenvalue weighted by atomic mass is 10.1. The van der Waals surface area contributed by atoms with Gasteiger partial charge in [-0.05, 0) is 56.0 Å². The Labute approximate surface area is 121 Å². The van der Waals surface area contributed by atoms with Gasteiger partial charge in [0.15, 0.2) is 0 Å². The van der Waals surface area contributed by atoms with Gasteiger partial charge in [0, 0.05) is 0 Å². The van der Waals surface area contributed by atoms with Crippen molar-refractivity contribution in [2.24, 2.45) is 0 Å². The van der Waals surface area contributed by atoms with E-state index in [0.29, 0.717) is 9.79 Å². The number of rotatable bonds is 3. The molecule has 0 unspecified atom stereocenters. The second-order valence-electron chi connectivity index (χ2n) is 5.23. The monoisotopic (exact) mass is 288 g/mol. The normalized spacial score (nSPS) is 11.6. The minimum Gasteiger partial charge on any atom is -0.218 e. The molecule has 0 bridgehead atoms. The molecule has 0 N–H and O–H groups in total. The zero-order chi connectivity index (χ0) is 14.9. The summed E-state index contributed by atoms with van der Waals surface area (Å²) < 4.78 is 25.7. The quantitative estimate of drug-likeness (QED) is 0.855. The van der Waals surface area contributed by atoms with Gasteiger partial charge in [0.1, 0.15) is 0 Å². The van der Waals surface area contributed by atoms with Crippen LogP contribution in [0.3, 0.4) is 0 Å². The first-order valence-corrected chi connectivity index (χ1v) is 8.26. The fraction of sp³-hybridized carbons (Fsp3) is 0.294. The fourth-order valence-corrected chi connectivity index (χ4v) is 4.41. The van der Waals surface area contributed by atoms with Crippen molar-refractivity contribution in [1.29, 1.82) is 0 Å². The van der Waals surface area contributed by atoms with Crippen LogP contribution < -0.4 is 0 Å². The van der Waals surface area contributed by atoms with E-state index in [4.69, 9.17) is 0 Å². The van der Waals surface area contributed by atoms with E-state index in [0.717, 1.165) is 28.7 Å². The Morgan fingerprint density at radius 2 is 1.55 bits per heavy atom. The van der Waals surface area contributed by atoms with Crippen molar-refractivity contribution in [2.75, 3.05) is 0 Å². The summed E-state index contributed by atoms with van der Waals surface area (Å²) in [6.07, 6.45) is 0.829. The first kappa shape index (κ1) is 14.8. The molecule has 0 atom stereocenters. The van der Waals surface area contributed by atoms with Crippen LogP contribution in [0.25, 0.3) is 0 Å². The number of sulfone groups is 1. The van der Waals surface area contributed by atoms with Crippen molar-refractivity contribution in [3.05, 3.63) is 58.7 Å². The summed E-state index contributed by atoms with van der Waals surface area (Å²) in [5.41, 5.74) is 3.74. The zero-order valence-corrected chi connectivity index (χ0v) is 13.2. The molecule has 0 saturated carbocycles. The predicted molar refractivity (Wildman–Crippen MR) is 81.9 cm³/mol. The molecule has 2 nitrogen and oxygen atoms in total. The molecule has 0 aromatic heterocycles. The lowest BCUT2D eigenvalue weighted by molar-refractivity contribution is 0.594. The number of aryl methyl sites for hydroxylation is 4. The maximum atomic E-state index is 12.9. The molecular weight excluding hydrogens is 268 g/mol. The Bertz CT molecular complexity index is 720. The molecule has 0 aliphatic carbocycles. The highest BCUT2D eigenvalue weighted by Crippen LogP contribution is 2.28. The summed E-state index contributed by atoms with van der Waals surface area (Å²) in [7, 11) is -3.45. The van der Waals surface area contributed by atoms with Crippen LogP contribution in [0.4, 0.5) is 0 Å². The van der Waals surface area contributed by atoms with E-state index in [1.807, 2.05) is 52.0 Å². The van der Waals surface area contributed by atoms with Crippen LogP contribution in [-0.4, -0.2) is 8.42 Å². The SMILES string of the molecule is CCc1cccc(S(=O)(=O)c2c(C)cc(C)cc2C)c1. The molecule has 2 aromatic rings. The lowest BCUT2D eigenvalue weighted by Crippen LogP contribution is -2.07. The Kier molecular flexibility index (Phi) is 4.00. The molecule has 106 valence electrons. The Balaban J connectivity index is 2.67. The molecule has 0 fully saturated rings. The molecule has 2 rings (SSSR count). The average molecular weight is 288 g/mol. The smallest absolute Gasteiger partial charge is 0.207 e. The number of hydrogen-bond acceptors (Lipinski definition) is 2. The summed E-state index contributed by atoms with van der Waals surface area (Å²) in [6.45, 7) is 7.72. The maximum Gasteiger partial charge on any atom is 0.207 e. The Hall–Kier alpha value is -1.61. The van der Waals surface area contributed by atoms with E-state index in [9.17, 15) is 8.42 Å². The third kappa shape index (κ3) is 2.63. The fourth-order valence-electron chi connectivity index (χ4n) is 2.64. The van der Waals surface area contributed by atoms with Gasteiger partial charge in [-0.1, -0.05) is 36.8 Å². The molecule has 0 aliphatic rings. The van der Waals surface area contributed by atoms with Crippen LogP contribution in [0, 0.1) is 20.8 Å². The third-order valence-electron chi connectivity index (χ3n) is 3.49. The van der Waals surface area contributed by atoms with Crippen LogP contribution in [0.1, 0.15) is 29.2 Å². The predicted octanol–water partition coefficient (Wildman–Crippen LogP) is 4.01. The van der Waals surface area contributed by atoms with Gasteiger partial charge in [-0.2, -0.15) is 0 Å². The van der Waals surface area contributed by atoms with Crippen molar-refractivity contribution in [2.45, 2.75) is 43.9 Å². The van der Waals surface area contributed by atoms with Gasteiger partial charge in [0.2, 0.25) is 9.84 Å². The van der Waals surface area contributed by atoms with Gasteiger partial charge in [0.05, 0.1) is 9.79 Å². The van der Waals surface area contributed by atoms with E-state index in [-0.39, 0.29) is 0 Å². The van der Waals surface area contributed by atoms with Crippen molar-refractivity contribution >= 4 is 9.84 Å². The number of hydrogen-bond donors (Lipinski definition) is 0. The minimum atomic E-state index is -3.45. The Morgan fingerprint density at radius 1 is 0.950 bits per heavy atom. The number of benzene rings is 2. The summed E-state index contributed by atoms with van der Waals surface area (Å²) in [5.74, 6) is 0. The second kappa shape index (κ2) is 5.41. The summed E-state index contributed by atoms with van der Waals surface area (Å²) in [4.78, 5) is 0.822. The van der Waals surface area contributed by atoms with Crippen LogP contribution in [0.5, 0.6) is 0 Å². The molecule has 3 heteroatoms. The highest BCUT2D eigenvalue weighted by Gasteiger charge is 2.22. The van der Waals surface area contributed by atoms with Crippen LogP contribution in [-0.2, 0) is 16.3 Å². The van der Waals surface area contributed by atoms with E-state index in [1.54, 1.807) is 12.1 Å². The highest BCUT2D eigenvalue weighted by atomic mass is 32.2. The van der Waals surface area contributed by atoms with Crippen LogP contribution in [0.15, 0.2) is 46.2 Å². The second-order valence-corrected chi connectivity index (χ2v) is 7.12. The molecule has 20 heavy (non-hydrogen) atoms. The van der Waals surface area contributed by atoms with Crippen molar-refractivity contribution in [3.63, 3.8) is 0 Å². The Morgan fingerprint density at radius 3 is 2.10 bits per heavy atom. The summed E-state index contributed by atoms with van der Waals surface area (Å²) in [5, 5.41) is 0. The van der Waals surface area contributed by atoms with Crippen molar-refractivity contribution in [1.82, 2.24) is 0 Å². The van der Waals surface area contributed by atoms with Gasteiger partial charge in [0.25, 0.3) is 0 Å². The van der Waals surface area contributed by atoms with Crippen molar-refractivity contribution in [3.8, 4) is 0 Å². The van der Waals surface area contributed by atoms with Gasteiger partial charge in [-0.3, -0.25) is 0 Å². The molecule has 0 saturated heterocycles. The molecule has 2 aromatic carbocycles. The van der Waals surface area contributed by atoms with E-state index < -0.39 is 9.84 Å². The molecule has 0 radical (unpaired) electrons. The third-order valence-corrected chi connectivity index (χ3v) is 5.55. The van der Waals surface area contributed by atoms with Gasteiger partial charge in [-0.15, -0.1) is 0 Å². The topological polar surface area (TPSA) is 34.1 Å². The van der Waals surface area contributed by atoms with Crippen molar-refractivity contribution < 1.29 is 8.42 Å². The first-order chi connectivity index (χ1) is 9.36. The first-order valence-electron chi connectivity index (χ1n) is 6.78. The average Bonchev–Trinajstić information content (AvgIpc) is 2.37. The summed E-state index contributed by atoms with van der Waals surface area (Å²) in [6, 6.07) is 11.0. The highest BCUT2D eigenvalue weighted by molar-refractivity contribution is 7.91. The standard InChI is InChI=1S/C17H20O2S/c1-5-15-7-6-8-16(11-15)20(18,19)17-13(3)9-12(2)10-14(17)4/h6-11H,5H2,1-4H3. The van der Waals surface area contributed by atoms with E-state index in [2.05, 4.69) is 0 Å². The largest absolute Gasteiger partial charge is 0.218 e. The van der Waals surface area contributed by atoms with Crippen LogP contribution in [0.2, 0.25) is 0 Å². The molecular formula is C17H20O2S. The summed E-state index contributed by atoms with van der Waals surface area (Å²) >= 11 is 0. The minimum absolute atomic E-state index is 0.381. The molecule has 0 amide bonds. The zero-order valence-electron chi connectivity index (χ0n) is 12.4. The van der Waals surface area contributed by atoms with Gasteiger partial charge >= 0.3 is 0 Å². The lowest BCUT2D eigenvalue weighted by Gasteiger charge is -2.13. The maximum absolute atomic E-state index is 12.9. The van der Waals surface area contributed by atoms with Crippen LogP contribution >= 0.6 is 0 Å². The van der Waals surface area contributed by atoms with E-state index >= 15 is 0 Å². The van der Waals surface area contributed by atoms with E-state index in [1.165, 1.54) is 0 Å². The van der Waals surface area contributed by atoms with Gasteiger partial charge in [-0.25, -0.2) is 8.42 Å².